The Morgan fingerprint density at radius 1 is 1.29 bits per heavy atom. The van der Waals surface area contributed by atoms with Crippen molar-refractivity contribution in [1.29, 1.82) is 0 Å². The number of carbonyl (C=O) groups excluding carboxylic acids is 1. The van der Waals surface area contributed by atoms with Crippen LogP contribution in [-0.2, 0) is 11.3 Å². The van der Waals surface area contributed by atoms with E-state index in [0.717, 1.165) is 6.54 Å². The Labute approximate surface area is 128 Å². The fourth-order valence-corrected chi connectivity index (χ4v) is 2.80. The van der Waals surface area contributed by atoms with Gasteiger partial charge >= 0.3 is 0 Å². The minimum absolute atomic E-state index is 0.00454. The summed E-state index contributed by atoms with van der Waals surface area (Å²) < 4.78 is 7.73. The van der Waals surface area contributed by atoms with Crippen LogP contribution in [0.2, 0.25) is 5.02 Å². The highest BCUT2D eigenvalue weighted by molar-refractivity contribution is 6.30. The lowest BCUT2D eigenvalue weighted by atomic mass is 10.1. The van der Waals surface area contributed by atoms with Crippen LogP contribution < -0.4 is 4.74 Å². The Bertz CT molecular complexity index is 636. The van der Waals surface area contributed by atoms with Gasteiger partial charge in [-0.3, -0.25) is 4.79 Å². The van der Waals surface area contributed by atoms with Crippen molar-refractivity contribution in [2.24, 2.45) is 0 Å². The Hall–Kier alpha value is -1.94. The highest BCUT2D eigenvalue weighted by Crippen LogP contribution is 2.25. The molecule has 0 bridgehead atoms. The SMILES string of the molecule is CC1c2cccn2CCN1C(=O)COc1ccc(Cl)cc1. The van der Waals surface area contributed by atoms with Crippen LogP contribution in [0, 0.1) is 0 Å². The number of nitrogens with zero attached hydrogens (tertiary/aromatic N) is 2. The molecule has 0 saturated carbocycles. The number of carbonyl (C=O) groups is 1. The molecule has 2 heterocycles. The van der Waals surface area contributed by atoms with E-state index in [2.05, 4.69) is 16.8 Å². The first-order valence-electron chi connectivity index (χ1n) is 6.98. The molecule has 1 unspecified atom stereocenters. The van der Waals surface area contributed by atoms with Crippen molar-refractivity contribution in [3.05, 3.63) is 53.3 Å². The first-order valence-corrected chi connectivity index (χ1v) is 7.36. The zero-order valence-electron chi connectivity index (χ0n) is 11.8. The molecule has 4 nitrogen and oxygen atoms in total. The highest BCUT2D eigenvalue weighted by atomic mass is 35.5. The molecule has 21 heavy (non-hydrogen) atoms. The largest absolute Gasteiger partial charge is 0.484 e. The third-order valence-corrected chi connectivity index (χ3v) is 4.09. The molecule has 1 aromatic heterocycles. The lowest BCUT2D eigenvalue weighted by molar-refractivity contribution is -0.136. The van der Waals surface area contributed by atoms with Crippen molar-refractivity contribution < 1.29 is 9.53 Å². The third kappa shape index (κ3) is 2.90. The maximum absolute atomic E-state index is 12.3. The van der Waals surface area contributed by atoms with Crippen molar-refractivity contribution >= 4 is 17.5 Å². The maximum atomic E-state index is 12.3. The van der Waals surface area contributed by atoms with Crippen LogP contribution in [0.25, 0.3) is 0 Å². The summed E-state index contributed by atoms with van der Waals surface area (Å²) in [4.78, 5) is 14.2. The Kier molecular flexibility index (Phi) is 3.88. The molecule has 1 amide bonds. The quantitative estimate of drug-likeness (QED) is 0.873. The minimum atomic E-state index is 0.00454. The first kappa shape index (κ1) is 14.0. The molecule has 110 valence electrons. The number of hydrogen-bond acceptors (Lipinski definition) is 2. The minimum Gasteiger partial charge on any atom is -0.484 e. The zero-order valence-corrected chi connectivity index (χ0v) is 12.6. The summed E-state index contributed by atoms with van der Waals surface area (Å²) in [6.07, 6.45) is 2.05. The molecule has 3 rings (SSSR count). The Balaban J connectivity index is 1.62. The number of ether oxygens (including phenoxy) is 1. The van der Waals surface area contributed by atoms with Gasteiger partial charge < -0.3 is 14.2 Å². The van der Waals surface area contributed by atoms with E-state index in [-0.39, 0.29) is 18.6 Å². The second-order valence-electron chi connectivity index (χ2n) is 5.13. The predicted molar refractivity (Wildman–Crippen MR) is 81.5 cm³/mol. The number of benzene rings is 1. The van der Waals surface area contributed by atoms with Gasteiger partial charge in [-0.2, -0.15) is 0 Å². The monoisotopic (exact) mass is 304 g/mol. The van der Waals surface area contributed by atoms with Gasteiger partial charge in [-0.05, 0) is 43.3 Å². The van der Waals surface area contributed by atoms with Gasteiger partial charge in [0.2, 0.25) is 0 Å². The van der Waals surface area contributed by atoms with Gasteiger partial charge in [0.25, 0.3) is 5.91 Å². The van der Waals surface area contributed by atoms with E-state index in [9.17, 15) is 4.79 Å². The third-order valence-electron chi connectivity index (χ3n) is 3.84. The maximum Gasteiger partial charge on any atom is 0.261 e. The summed E-state index contributed by atoms with van der Waals surface area (Å²) in [5.41, 5.74) is 1.17. The normalized spacial score (nSPS) is 17.4. The van der Waals surface area contributed by atoms with E-state index in [1.165, 1.54) is 5.69 Å². The standard InChI is InChI=1S/C16H17ClN2O2/c1-12-15-3-2-8-18(15)9-10-19(12)16(20)11-21-14-6-4-13(17)5-7-14/h2-8,12H,9-11H2,1H3. The van der Waals surface area contributed by atoms with E-state index < -0.39 is 0 Å². The summed E-state index contributed by atoms with van der Waals surface area (Å²) in [6.45, 7) is 3.64. The fourth-order valence-electron chi connectivity index (χ4n) is 2.68. The molecular formula is C16H17ClN2O2. The number of fused-ring (bicyclic) bond motifs is 1. The van der Waals surface area contributed by atoms with Gasteiger partial charge in [-0.15, -0.1) is 0 Å². The van der Waals surface area contributed by atoms with Crippen molar-refractivity contribution in [2.75, 3.05) is 13.2 Å². The zero-order chi connectivity index (χ0) is 14.8. The lowest BCUT2D eigenvalue weighted by Crippen LogP contribution is -2.42. The molecule has 0 fully saturated rings. The van der Waals surface area contributed by atoms with Crippen LogP contribution in [-0.4, -0.2) is 28.5 Å². The topological polar surface area (TPSA) is 34.5 Å². The Morgan fingerprint density at radius 2 is 2.05 bits per heavy atom. The summed E-state index contributed by atoms with van der Waals surface area (Å²) in [5, 5.41) is 0.652. The molecule has 1 aromatic carbocycles. The van der Waals surface area contributed by atoms with E-state index in [4.69, 9.17) is 16.3 Å². The van der Waals surface area contributed by atoms with E-state index in [0.29, 0.717) is 17.3 Å². The predicted octanol–water partition coefficient (Wildman–Crippen LogP) is 3.12. The summed E-state index contributed by atoms with van der Waals surface area (Å²) in [6, 6.07) is 11.2. The summed E-state index contributed by atoms with van der Waals surface area (Å²) in [5.74, 6) is 0.658. The van der Waals surface area contributed by atoms with Gasteiger partial charge in [0, 0.05) is 30.0 Å². The molecule has 1 aliphatic heterocycles. The van der Waals surface area contributed by atoms with Crippen LogP contribution in [0.15, 0.2) is 42.6 Å². The summed E-state index contributed by atoms with van der Waals surface area (Å²) in [7, 11) is 0. The lowest BCUT2D eigenvalue weighted by Gasteiger charge is -2.34. The number of halogens is 1. The number of aromatic nitrogens is 1. The van der Waals surface area contributed by atoms with Gasteiger partial charge in [0.15, 0.2) is 6.61 Å². The molecular weight excluding hydrogens is 288 g/mol. The van der Waals surface area contributed by atoms with Crippen LogP contribution in [0.4, 0.5) is 0 Å². The number of amides is 1. The molecule has 5 heteroatoms. The van der Waals surface area contributed by atoms with Crippen molar-refractivity contribution in [1.82, 2.24) is 9.47 Å². The van der Waals surface area contributed by atoms with Gasteiger partial charge in [0.1, 0.15) is 5.75 Å². The van der Waals surface area contributed by atoms with Crippen LogP contribution in [0.3, 0.4) is 0 Å². The molecule has 0 aliphatic carbocycles. The molecule has 2 aromatic rings. The van der Waals surface area contributed by atoms with E-state index in [1.54, 1.807) is 24.3 Å². The van der Waals surface area contributed by atoms with Crippen molar-refractivity contribution in [2.45, 2.75) is 19.5 Å². The van der Waals surface area contributed by atoms with E-state index >= 15 is 0 Å². The van der Waals surface area contributed by atoms with Crippen molar-refractivity contribution in [3.63, 3.8) is 0 Å². The van der Waals surface area contributed by atoms with Gasteiger partial charge in [-0.25, -0.2) is 0 Å². The molecule has 1 atom stereocenters. The average Bonchev–Trinajstić information content (AvgIpc) is 2.96. The number of hydrogen-bond donors (Lipinski definition) is 0. The van der Waals surface area contributed by atoms with Gasteiger partial charge in [-0.1, -0.05) is 11.6 Å². The molecule has 0 radical (unpaired) electrons. The fraction of sp³-hybridized carbons (Fsp3) is 0.312. The average molecular weight is 305 g/mol. The first-order chi connectivity index (χ1) is 10.1. The van der Waals surface area contributed by atoms with Crippen LogP contribution in [0.5, 0.6) is 5.75 Å². The molecule has 1 aliphatic rings. The Morgan fingerprint density at radius 3 is 2.81 bits per heavy atom. The second kappa shape index (κ2) is 5.82. The molecule has 0 saturated heterocycles. The smallest absolute Gasteiger partial charge is 0.261 e. The summed E-state index contributed by atoms with van der Waals surface area (Å²) >= 11 is 5.82. The highest BCUT2D eigenvalue weighted by Gasteiger charge is 2.27. The number of rotatable bonds is 3. The van der Waals surface area contributed by atoms with Gasteiger partial charge in [0.05, 0.1) is 6.04 Å². The van der Waals surface area contributed by atoms with Crippen molar-refractivity contribution in [3.8, 4) is 5.75 Å². The second-order valence-corrected chi connectivity index (χ2v) is 5.57. The van der Waals surface area contributed by atoms with Crippen LogP contribution in [0.1, 0.15) is 18.7 Å². The molecule has 0 spiro atoms. The van der Waals surface area contributed by atoms with Crippen LogP contribution >= 0.6 is 11.6 Å². The van der Waals surface area contributed by atoms with E-state index in [1.807, 2.05) is 17.9 Å². The molecule has 0 N–H and O–H groups in total.